The molecular formula is C26H19ClFN3O3. The van der Waals surface area contributed by atoms with Gasteiger partial charge >= 0.3 is 0 Å². The van der Waals surface area contributed by atoms with Crippen molar-refractivity contribution in [1.82, 2.24) is 9.99 Å². The van der Waals surface area contributed by atoms with Crippen LogP contribution in [0.1, 0.15) is 33.9 Å². The highest BCUT2D eigenvalue weighted by atomic mass is 35.5. The molecule has 8 heteroatoms. The summed E-state index contributed by atoms with van der Waals surface area (Å²) in [6.07, 6.45) is 0.367. The first-order valence-corrected chi connectivity index (χ1v) is 10.9. The van der Waals surface area contributed by atoms with Crippen molar-refractivity contribution in [3.63, 3.8) is 0 Å². The number of benzene rings is 3. The summed E-state index contributed by atoms with van der Waals surface area (Å²) < 4.78 is 18.8. The highest BCUT2D eigenvalue weighted by Crippen LogP contribution is 2.38. The van der Waals surface area contributed by atoms with Gasteiger partial charge < -0.3 is 9.84 Å². The van der Waals surface area contributed by atoms with Gasteiger partial charge in [0.05, 0.1) is 24.4 Å². The quantitative estimate of drug-likeness (QED) is 0.382. The number of methoxy groups -OCH3 is 1. The summed E-state index contributed by atoms with van der Waals surface area (Å²) >= 11 is 6.59. The van der Waals surface area contributed by atoms with E-state index in [-0.39, 0.29) is 22.6 Å². The summed E-state index contributed by atoms with van der Waals surface area (Å²) in [5.74, 6) is 0.0191. The van der Waals surface area contributed by atoms with Crippen LogP contribution in [0.15, 0.2) is 77.9 Å². The Kier molecular flexibility index (Phi) is 5.63. The van der Waals surface area contributed by atoms with E-state index in [1.165, 1.54) is 41.4 Å². The fraction of sp³-hybridized carbons (Fsp3) is 0.115. The van der Waals surface area contributed by atoms with Crippen molar-refractivity contribution < 1.29 is 19.0 Å². The van der Waals surface area contributed by atoms with E-state index in [0.29, 0.717) is 40.1 Å². The number of carbonyl (C=O) groups excluding carboxylic acids is 1. The van der Waals surface area contributed by atoms with Gasteiger partial charge in [-0.3, -0.25) is 4.79 Å². The number of rotatable bonds is 4. The van der Waals surface area contributed by atoms with Crippen molar-refractivity contribution in [2.24, 2.45) is 5.10 Å². The molecule has 1 N–H and O–H groups in total. The zero-order valence-electron chi connectivity index (χ0n) is 18.1. The van der Waals surface area contributed by atoms with Gasteiger partial charge in [-0.15, -0.1) is 0 Å². The molecule has 2 heterocycles. The minimum atomic E-state index is -0.531. The van der Waals surface area contributed by atoms with Crippen molar-refractivity contribution in [2.45, 2.75) is 12.5 Å². The van der Waals surface area contributed by atoms with Gasteiger partial charge in [0.25, 0.3) is 5.91 Å². The van der Waals surface area contributed by atoms with Gasteiger partial charge in [-0.1, -0.05) is 23.7 Å². The van der Waals surface area contributed by atoms with Gasteiger partial charge in [0, 0.05) is 22.9 Å². The molecule has 0 spiro atoms. The largest absolute Gasteiger partial charge is 0.508 e. The summed E-state index contributed by atoms with van der Waals surface area (Å²) in [5.41, 5.74) is 3.02. The lowest BCUT2D eigenvalue weighted by Crippen LogP contribution is -2.27. The van der Waals surface area contributed by atoms with E-state index >= 15 is 0 Å². The molecule has 0 saturated heterocycles. The molecule has 34 heavy (non-hydrogen) atoms. The second kappa shape index (κ2) is 8.76. The lowest BCUT2D eigenvalue weighted by atomic mass is 9.98. The number of hydrazone groups is 1. The van der Waals surface area contributed by atoms with Crippen molar-refractivity contribution in [3.8, 4) is 11.5 Å². The van der Waals surface area contributed by atoms with Gasteiger partial charge in [0.15, 0.2) is 0 Å². The topological polar surface area (TPSA) is 75.0 Å². The normalized spacial score (nSPS) is 15.4. The van der Waals surface area contributed by atoms with E-state index in [0.717, 1.165) is 5.39 Å². The van der Waals surface area contributed by atoms with Crippen LogP contribution in [-0.2, 0) is 0 Å². The van der Waals surface area contributed by atoms with Crippen molar-refractivity contribution in [1.29, 1.82) is 0 Å². The third-order valence-electron chi connectivity index (χ3n) is 5.77. The molecule has 0 bridgehead atoms. The van der Waals surface area contributed by atoms with E-state index < -0.39 is 6.04 Å². The highest BCUT2D eigenvalue weighted by molar-refractivity contribution is 6.30. The predicted octanol–water partition coefficient (Wildman–Crippen LogP) is 5.73. The average Bonchev–Trinajstić information content (AvgIpc) is 3.29. The number of ether oxygens (including phenoxy) is 1. The monoisotopic (exact) mass is 475 g/mol. The number of halogens is 2. The maximum absolute atomic E-state index is 13.5. The second-order valence-corrected chi connectivity index (χ2v) is 8.26. The van der Waals surface area contributed by atoms with Gasteiger partial charge in [-0.2, -0.15) is 5.10 Å². The molecule has 0 fully saturated rings. The number of nitrogens with zero attached hydrogens (tertiary/aromatic N) is 3. The number of phenolic OH excluding ortho intramolecular Hbond substituents is 1. The van der Waals surface area contributed by atoms with Crippen LogP contribution in [0.25, 0.3) is 10.9 Å². The molecule has 0 aliphatic carbocycles. The number of hydrogen-bond donors (Lipinski definition) is 1. The Morgan fingerprint density at radius 2 is 1.82 bits per heavy atom. The zero-order valence-corrected chi connectivity index (χ0v) is 18.8. The Morgan fingerprint density at radius 1 is 1.09 bits per heavy atom. The Labute approximate surface area is 199 Å². The van der Waals surface area contributed by atoms with Crippen LogP contribution in [0, 0.1) is 5.82 Å². The number of pyridine rings is 1. The first-order valence-electron chi connectivity index (χ1n) is 10.5. The lowest BCUT2D eigenvalue weighted by molar-refractivity contribution is 0.0711. The van der Waals surface area contributed by atoms with E-state index in [2.05, 4.69) is 10.1 Å². The molecule has 5 rings (SSSR count). The number of hydrogen-bond acceptors (Lipinski definition) is 5. The molecule has 6 nitrogen and oxygen atoms in total. The molecular weight excluding hydrogens is 457 g/mol. The van der Waals surface area contributed by atoms with E-state index in [4.69, 9.17) is 16.3 Å². The molecule has 3 aromatic carbocycles. The van der Waals surface area contributed by atoms with Crippen molar-refractivity contribution in [2.75, 3.05) is 7.11 Å². The smallest absolute Gasteiger partial charge is 0.274 e. The third-order valence-corrected chi connectivity index (χ3v) is 6.07. The van der Waals surface area contributed by atoms with Gasteiger partial charge in [0.2, 0.25) is 0 Å². The fourth-order valence-corrected chi connectivity index (χ4v) is 4.27. The van der Waals surface area contributed by atoms with Crippen LogP contribution in [0.4, 0.5) is 4.39 Å². The molecule has 1 aliphatic rings. The Morgan fingerprint density at radius 3 is 2.53 bits per heavy atom. The third kappa shape index (κ3) is 4.06. The Balaban J connectivity index is 1.60. The minimum Gasteiger partial charge on any atom is -0.508 e. The highest BCUT2D eigenvalue weighted by Gasteiger charge is 2.35. The van der Waals surface area contributed by atoms with Gasteiger partial charge in [-0.05, 0) is 66.2 Å². The molecule has 1 atom stereocenters. The minimum absolute atomic E-state index is 0.0562. The molecule has 170 valence electrons. The zero-order chi connectivity index (χ0) is 23.8. The summed E-state index contributed by atoms with van der Waals surface area (Å²) in [4.78, 5) is 18.0. The molecule has 0 radical (unpaired) electrons. The van der Waals surface area contributed by atoms with Crippen LogP contribution in [0.5, 0.6) is 11.5 Å². The summed E-state index contributed by atoms with van der Waals surface area (Å²) in [6.45, 7) is 0. The molecule has 0 saturated carbocycles. The summed E-state index contributed by atoms with van der Waals surface area (Å²) in [5, 5.41) is 16.7. The van der Waals surface area contributed by atoms with Crippen molar-refractivity contribution in [3.05, 3.63) is 100 Å². The lowest BCUT2D eigenvalue weighted by Gasteiger charge is -2.23. The summed E-state index contributed by atoms with van der Waals surface area (Å²) in [6, 6.07) is 18.8. The van der Waals surface area contributed by atoms with E-state index in [9.17, 15) is 14.3 Å². The molecule has 1 aliphatic heterocycles. The van der Waals surface area contributed by atoms with Crippen molar-refractivity contribution >= 4 is 34.1 Å². The number of amides is 1. The van der Waals surface area contributed by atoms with Crippen LogP contribution in [0.3, 0.4) is 0 Å². The second-order valence-electron chi connectivity index (χ2n) is 7.90. The van der Waals surface area contributed by atoms with Crippen LogP contribution >= 0.6 is 11.6 Å². The Hall–Kier alpha value is -3.97. The number of carbonyl (C=O) groups is 1. The SMILES string of the molecule is COc1ccc2nc(Cl)c(C3CC(c4ccc(F)cc4)=NN3C(=O)c3ccc(O)cc3)cc2c1. The first-order chi connectivity index (χ1) is 16.4. The maximum atomic E-state index is 13.5. The fourth-order valence-electron chi connectivity index (χ4n) is 4.00. The van der Waals surface area contributed by atoms with E-state index in [1.807, 2.05) is 18.2 Å². The molecule has 4 aromatic rings. The number of fused-ring (bicyclic) bond motifs is 1. The number of aromatic hydroxyl groups is 1. The Bertz CT molecular complexity index is 1420. The van der Waals surface area contributed by atoms with Crippen LogP contribution < -0.4 is 4.74 Å². The molecule has 1 unspecified atom stereocenters. The number of phenols is 1. The van der Waals surface area contributed by atoms with Crippen LogP contribution in [0.2, 0.25) is 5.15 Å². The standard InChI is InChI=1S/C26H19ClFN3O3/c1-34-20-10-11-22-17(12-20)13-21(25(27)29-22)24-14-23(15-2-6-18(28)7-3-15)30-31(24)26(33)16-4-8-19(32)9-5-16/h2-13,24,32H,14H2,1H3. The van der Waals surface area contributed by atoms with Crippen LogP contribution in [-0.4, -0.2) is 33.8 Å². The molecule has 1 amide bonds. The van der Waals surface area contributed by atoms with Gasteiger partial charge in [-0.25, -0.2) is 14.4 Å². The maximum Gasteiger partial charge on any atom is 0.274 e. The van der Waals surface area contributed by atoms with Gasteiger partial charge in [0.1, 0.15) is 22.5 Å². The van der Waals surface area contributed by atoms with E-state index in [1.54, 1.807) is 25.3 Å². The first kappa shape index (κ1) is 21.9. The average molecular weight is 476 g/mol. The molecule has 1 aromatic heterocycles. The number of aromatic nitrogens is 1. The predicted molar refractivity (Wildman–Crippen MR) is 128 cm³/mol. The summed E-state index contributed by atoms with van der Waals surface area (Å²) in [7, 11) is 1.59.